The SMILES string of the molecule is C=C.C=C(/C=C\C=C/C)OCC1(CC)COC1.CC. The lowest BCUT2D eigenvalue weighted by atomic mass is 9.84. The summed E-state index contributed by atoms with van der Waals surface area (Å²) < 4.78 is 10.8. The van der Waals surface area contributed by atoms with Crippen LogP contribution in [0.4, 0.5) is 0 Å². The normalized spacial score (nSPS) is 15.8. The Kier molecular flexibility index (Phi) is 13.9. The number of allylic oxidation sites excluding steroid dienone is 4. The van der Waals surface area contributed by atoms with Crippen LogP contribution in [0, 0.1) is 5.41 Å². The van der Waals surface area contributed by atoms with Crippen LogP contribution >= 0.6 is 0 Å². The third kappa shape index (κ3) is 8.44. The molecule has 0 unspecified atom stereocenters. The molecule has 0 aromatic rings. The molecule has 0 saturated carbocycles. The second-order valence-electron chi connectivity index (χ2n) is 3.99. The van der Waals surface area contributed by atoms with Crippen LogP contribution in [0.3, 0.4) is 0 Å². The van der Waals surface area contributed by atoms with E-state index in [2.05, 4.69) is 26.7 Å². The Hall–Kier alpha value is -1.28. The molecule has 2 nitrogen and oxygen atoms in total. The van der Waals surface area contributed by atoms with E-state index in [1.54, 1.807) is 0 Å². The van der Waals surface area contributed by atoms with Crippen LogP contribution in [-0.4, -0.2) is 19.8 Å². The Labute approximate surface area is 119 Å². The Morgan fingerprint density at radius 1 is 1.26 bits per heavy atom. The van der Waals surface area contributed by atoms with E-state index < -0.39 is 0 Å². The van der Waals surface area contributed by atoms with Gasteiger partial charge in [-0.3, -0.25) is 0 Å². The minimum absolute atomic E-state index is 0.234. The van der Waals surface area contributed by atoms with Gasteiger partial charge in [-0.1, -0.05) is 45.6 Å². The maximum atomic E-state index is 5.59. The molecule has 1 fully saturated rings. The number of ether oxygens (including phenoxy) is 2. The maximum Gasteiger partial charge on any atom is 0.112 e. The lowest BCUT2D eigenvalue weighted by Gasteiger charge is -2.40. The molecule has 0 N–H and O–H groups in total. The molecule has 0 amide bonds. The highest BCUT2D eigenvalue weighted by atomic mass is 16.5. The summed E-state index contributed by atoms with van der Waals surface area (Å²) in [4.78, 5) is 0. The lowest BCUT2D eigenvalue weighted by Crippen LogP contribution is -2.45. The molecule has 0 bridgehead atoms. The number of rotatable bonds is 6. The molecule has 1 saturated heterocycles. The number of hydrogen-bond donors (Lipinski definition) is 0. The van der Waals surface area contributed by atoms with Crippen LogP contribution in [0.15, 0.2) is 49.8 Å². The first kappa shape index (κ1) is 20.0. The van der Waals surface area contributed by atoms with Gasteiger partial charge in [-0.2, -0.15) is 0 Å². The predicted octanol–water partition coefficient (Wildman–Crippen LogP) is 4.90. The van der Waals surface area contributed by atoms with E-state index in [0.29, 0.717) is 12.4 Å². The van der Waals surface area contributed by atoms with Crippen molar-refractivity contribution < 1.29 is 9.47 Å². The Morgan fingerprint density at radius 3 is 2.21 bits per heavy atom. The fraction of sp³-hybridized carbons (Fsp3) is 0.529. The second kappa shape index (κ2) is 13.2. The summed E-state index contributed by atoms with van der Waals surface area (Å²) in [5, 5.41) is 0. The van der Waals surface area contributed by atoms with Crippen molar-refractivity contribution in [2.24, 2.45) is 5.41 Å². The van der Waals surface area contributed by atoms with Crippen LogP contribution in [0.5, 0.6) is 0 Å². The van der Waals surface area contributed by atoms with Crippen LogP contribution in [0.25, 0.3) is 0 Å². The third-order valence-electron chi connectivity index (χ3n) is 2.72. The van der Waals surface area contributed by atoms with Crippen molar-refractivity contribution in [3.63, 3.8) is 0 Å². The van der Waals surface area contributed by atoms with Crippen LogP contribution < -0.4 is 0 Å². The molecule has 19 heavy (non-hydrogen) atoms. The zero-order valence-electron chi connectivity index (χ0n) is 13.1. The molecule has 0 radical (unpaired) electrons. The molecular formula is C17H30O2. The monoisotopic (exact) mass is 266 g/mol. The van der Waals surface area contributed by atoms with E-state index in [4.69, 9.17) is 9.47 Å². The van der Waals surface area contributed by atoms with Gasteiger partial charge in [0, 0.05) is 0 Å². The minimum atomic E-state index is 0.234. The van der Waals surface area contributed by atoms with Crippen molar-refractivity contribution in [3.05, 3.63) is 49.8 Å². The first-order chi connectivity index (χ1) is 9.22. The van der Waals surface area contributed by atoms with Gasteiger partial charge in [0.05, 0.1) is 25.2 Å². The van der Waals surface area contributed by atoms with E-state index in [0.717, 1.165) is 19.6 Å². The van der Waals surface area contributed by atoms with E-state index >= 15 is 0 Å². The molecule has 0 aromatic heterocycles. The van der Waals surface area contributed by atoms with E-state index in [1.807, 2.05) is 45.1 Å². The number of hydrogen-bond acceptors (Lipinski definition) is 2. The highest BCUT2D eigenvalue weighted by molar-refractivity contribution is 5.14. The van der Waals surface area contributed by atoms with Crippen molar-refractivity contribution in [2.75, 3.05) is 19.8 Å². The molecule has 2 heteroatoms. The summed E-state index contributed by atoms with van der Waals surface area (Å²) in [6, 6.07) is 0. The quantitative estimate of drug-likeness (QED) is 0.386. The molecule has 110 valence electrons. The summed E-state index contributed by atoms with van der Waals surface area (Å²) in [6.07, 6.45) is 8.83. The third-order valence-corrected chi connectivity index (χ3v) is 2.72. The Bertz CT molecular complexity index is 267. The molecule has 1 rings (SSSR count). The summed E-state index contributed by atoms with van der Waals surface area (Å²) in [5.41, 5.74) is 0.234. The Morgan fingerprint density at radius 2 is 1.84 bits per heavy atom. The van der Waals surface area contributed by atoms with Gasteiger partial charge in [0.1, 0.15) is 5.76 Å². The first-order valence-electron chi connectivity index (χ1n) is 6.91. The van der Waals surface area contributed by atoms with Crippen LogP contribution in [-0.2, 0) is 9.47 Å². The summed E-state index contributed by atoms with van der Waals surface area (Å²) in [6.45, 7) is 20.3. The molecule has 0 atom stereocenters. The van der Waals surface area contributed by atoms with Crippen LogP contribution in [0.2, 0.25) is 0 Å². The van der Waals surface area contributed by atoms with Gasteiger partial charge in [-0.15, -0.1) is 13.2 Å². The van der Waals surface area contributed by atoms with Gasteiger partial charge in [-0.25, -0.2) is 0 Å². The average Bonchev–Trinajstić information content (AvgIpc) is 2.43. The molecule has 0 spiro atoms. The molecular weight excluding hydrogens is 236 g/mol. The fourth-order valence-electron chi connectivity index (χ4n) is 1.35. The summed E-state index contributed by atoms with van der Waals surface area (Å²) in [7, 11) is 0. The van der Waals surface area contributed by atoms with E-state index in [9.17, 15) is 0 Å². The smallest absolute Gasteiger partial charge is 0.112 e. The zero-order chi connectivity index (χ0) is 15.1. The fourth-order valence-corrected chi connectivity index (χ4v) is 1.35. The summed E-state index contributed by atoms with van der Waals surface area (Å²) >= 11 is 0. The van der Waals surface area contributed by atoms with Gasteiger partial charge < -0.3 is 9.47 Å². The molecule has 1 heterocycles. The van der Waals surface area contributed by atoms with Gasteiger partial charge in [0.2, 0.25) is 0 Å². The van der Waals surface area contributed by atoms with Gasteiger partial charge in [0.25, 0.3) is 0 Å². The predicted molar refractivity (Wildman–Crippen MR) is 85.2 cm³/mol. The first-order valence-corrected chi connectivity index (χ1v) is 6.91. The molecule has 1 aliphatic heterocycles. The van der Waals surface area contributed by atoms with Crippen molar-refractivity contribution in [1.82, 2.24) is 0 Å². The maximum absolute atomic E-state index is 5.59. The highest BCUT2D eigenvalue weighted by Crippen LogP contribution is 2.31. The Balaban J connectivity index is 0. The van der Waals surface area contributed by atoms with Crippen molar-refractivity contribution in [1.29, 1.82) is 0 Å². The molecule has 0 aromatic carbocycles. The highest BCUT2D eigenvalue weighted by Gasteiger charge is 2.37. The molecule has 1 aliphatic rings. The lowest BCUT2D eigenvalue weighted by molar-refractivity contribution is -0.141. The van der Waals surface area contributed by atoms with Crippen molar-refractivity contribution in [2.45, 2.75) is 34.1 Å². The van der Waals surface area contributed by atoms with E-state index in [-0.39, 0.29) is 5.41 Å². The average molecular weight is 266 g/mol. The van der Waals surface area contributed by atoms with Crippen molar-refractivity contribution in [3.8, 4) is 0 Å². The minimum Gasteiger partial charge on any atom is -0.493 e. The second-order valence-corrected chi connectivity index (χ2v) is 3.99. The standard InChI is InChI=1S/C13H20O2.C2H6.C2H4/c1-4-6-7-8-12(3)15-11-13(5-2)9-14-10-13;2*1-2/h4,6-8H,3,5,9-11H2,1-2H3;1-2H3;1-2H2/b6-4-,8-7-;;. The molecule has 0 aliphatic carbocycles. The van der Waals surface area contributed by atoms with Crippen molar-refractivity contribution >= 4 is 0 Å². The van der Waals surface area contributed by atoms with Gasteiger partial charge >= 0.3 is 0 Å². The topological polar surface area (TPSA) is 18.5 Å². The largest absolute Gasteiger partial charge is 0.493 e. The van der Waals surface area contributed by atoms with Gasteiger partial charge in [-0.05, 0) is 19.4 Å². The van der Waals surface area contributed by atoms with E-state index in [1.165, 1.54) is 0 Å². The van der Waals surface area contributed by atoms with Crippen LogP contribution in [0.1, 0.15) is 34.1 Å². The summed E-state index contributed by atoms with van der Waals surface area (Å²) in [5.74, 6) is 0.716. The van der Waals surface area contributed by atoms with Gasteiger partial charge in [0.15, 0.2) is 0 Å². The zero-order valence-corrected chi connectivity index (χ0v) is 13.1.